The molecule has 0 atom stereocenters. The van der Waals surface area contributed by atoms with Gasteiger partial charge in [-0.15, -0.1) is 0 Å². The molecule has 0 N–H and O–H groups in total. The summed E-state index contributed by atoms with van der Waals surface area (Å²) in [6.45, 7) is 1.97. The Morgan fingerprint density at radius 1 is 1.16 bits per heavy atom. The van der Waals surface area contributed by atoms with E-state index in [4.69, 9.17) is 8.53 Å². The molecule has 0 amide bonds. The predicted octanol–water partition coefficient (Wildman–Crippen LogP) is 6.01. The number of hydrogen-bond acceptors (Lipinski definition) is 3. The molecule has 1 aromatic carbocycles. The molecule has 5 rings (SSSR count). The van der Waals surface area contributed by atoms with Crippen LogP contribution < -0.4 is 0 Å². The van der Waals surface area contributed by atoms with E-state index in [1.165, 1.54) is 0 Å². The van der Waals surface area contributed by atoms with E-state index in [2.05, 4.69) is 9.97 Å². The van der Waals surface area contributed by atoms with Gasteiger partial charge < -0.3 is 4.42 Å². The first kappa shape index (κ1) is 11.8. The quantitative estimate of drug-likeness (QED) is 0.451. The second kappa shape index (κ2) is 5.69. The minimum Gasteiger partial charge on any atom is -0.454 e. The highest BCUT2D eigenvalue weighted by Gasteiger charge is 2.18. The average molecular weight is 331 g/mol. The molecule has 1 aliphatic carbocycles. The van der Waals surface area contributed by atoms with Crippen molar-refractivity contribution in [2.24, 2.45) is 0 Å². The first-order valence-electron chi connectivity index (χ1n) is 10.2. The normalized spacial score (nSPS) is 18.4. The van der Waals surface area contributed by atoms with Crippen LogP contribution in [0.3, 0.4) is 0 Å². The third-order valence-corrected chi connectivity index (χ3v) is 4.95. The van der Waals surface area contributed by atoms with Crippen molar-refractivity contribution in [2.75, 3.05) is 0 Å². The van der Waals surface area contributed by atoms with Gasteiger partial charge in [-0.3, -0.25) is 9.97 Å². The van der Waals surface area contributed by atoms with Gasteiger partial charge in [0.2, 0.25) is 0 Å². The first-order valence-corrected chi connectivity index (χ1v) is 8.73. The number of benzene rings is 1. The fraction of sp³-hybridized carbons (Fsp3) is 0.273. The van der Waals surface area contributed by atoms with E-state index in [1.54, 1.807) is 6.20 Å². The van der Waals surface area contributed by atoms with Crippen LogP contribution in [-0.4, -0.2) is 9.97 Å². The number of hydrogen-bond donors (Lipinski definition) is 0. The predicted molar refractivity (Wildman–Crippen MR) is 101 cm³/mol. The number of para-hydroxylation sites is 1. The third-order valence-electron chi connectivity index (χ3n) is 4.95. The lowest BCUT2D eigenvalue weighted by Crippen LogP contribution is -1.94. The Morgan fingerprint density at radius 2 is 2.04 bits per heavy atom. The SMILES string of the molecule is [2H]c1c(C2([2H])CCCC2)cnc(-c2cccc3c2oc2cc(C)cnc23)c1[2H]. The Kier molecular flexibility index (Phi) is 2.69. The fourth-order valence-corrected chi connectivity index (χ4v) is 3.66. The first-order chi connectivity index (χ1) is 13.5. The molecule has 4 aromatic rings. The van der Waals surface area contributed by atoms with Crippen LogP contribution in [0.5, 0.6) is 0 Å². The molecular formula is C22H20N2O. The molecule has 124 valence electrons. The van der Waals surface area contributed by atoms with Crippen LogP contribution in [0.2, 0.25) is 0 Å². The smallest absolute Gasteiger partial charge is 0.154 e. The van der Waals surface area contributed by atoms with Crippen LogP contribution in [0.15, 0.2) is 53.2 Å². The molecule has 0 radical (unpaired) electrons. The van der Waals surface area contributed by atoms with Gasteiger partial charge in [-0.25, -0.2) is 0 Å². The van der Waals surface area contributed by atoms with E-state index in [0.717, 1.165) is 42.1 Å². The number of furan rings is 1. The lowest BCUT2D eigenvalue weighted by Gasteiger charge is -2.09. The molecule has 1 fully saturated rings. The summed E-state index contributed by atoms with van der Waals surface area (Å²) >= 11 is 0. The summed E-state index contributed by atoms with van der Waals surface area (Å²) in [5.74, 6) is -0.786. The molecule has 3 nitrogen and oxygen atoms in total. The van der Waals surface area contributed by atoms with Gasteiger partial charge in [0.15, 0.2) is 5.58 Å². The van der Waals surface area contributed by atoms with Crippen molar-refractivity contribution in [3.05, 3.63) is 59.9 Å². The summed E-state index contributed by atoms with van der Waals surface area (Å²) in [6, 6.07) is 7.81. The van der Waals surface area contributed by atoms with Crippen molar-refractivity contribution >= 4 is 22.1 Å². The van der Waals surface area contributed by atoms with Crippen molar-refractivity contribution in [1.82, 2.24) is 9.97 Å². The second-order valence-corrected chi connectivity index (χ2v) is 6.72. The van der Waals surface area contributed by atoms with Crippen LogP contribution >= 0.6 is 0 Å². The van der Waals surface area contributed by atoms with Gasteiger partial charge in [-0.05, 0) is 61.0 Å². The molecule has 0 aliphatic heterocycles. The van der Waals surface area contributed by atoms with E-state index in [9.17, 15) is 0 Å². The zero-order chi connectivity index (χ0) is 19.5. The lowest BCUT2D eigenvalue weighted by atomic mass is 9.98. The largest absolute Gasteiger partial charge is 0.454 e. The number of aryl methyl sites for hydroxylation is 1. The van der Waals surface area contributed by atoms with Crippen molar-refractivity contribution in [3.63, 3.8) is 0 Å². The van der Waals surface area contributed by atoms with E-state index < -0.39 is 5.89 Å². The Bertz CT molecular complexity index is 1230. The van der Waals surface area contributed by atoms with Gasteiger partial charge in [0, 0.05) is 24.7 Å². The topological polar surface area (TPSA) is 38.9 Å². The van der Waals surface area contributed by atoms with Crippen LogP contribution in [0.25, 0.3) is 33.3 Å². The summed E-state index contributed by atoms with van der Waals surface area (Å²) < 4.78 is 31.9. The van der Waals surface area contributed by atoms with Gasteiger partial charge in [-0.1, -0.05) is 25.0 Å². The standard InChI is InChI=1S/C22H20N2O/c1-14-11-20-21(24-12-14)18-8-4-7-17(22(18)25-20)19-10-9-16(13-23-19)15-5-2-3-6-15/h4,7-13,15H,2-3,5-6H2,1H3/i9D,10D,15D. The van der Waals surface area contributed by atoms with E-state index in [-0.39, 0.29) is 12.1 Å². The lowest BCUT2D eigenvalue weighted by molar-refractivity contribution is 0.668. The number of nitrogens with zero attached hydrogens (tertiary/aromatic N) is 2. The van der Waals surface area contributed by atoms with Gasteiger partial charge in [0.25, 0.3) is 0 Å². The Morgan fingerprint density at radius 3 is 2.92 bits per heavy atom. The van der Waals surface area contributed by atoms with E-state index in [1.807, 2.05) is 37.4 Å². The highest BCUT2D eigenvalue weighted by Crippen LogP contribution is 2.36. The molecule has 3 aromatic heterocycles. The highest BCUT2D eigenvalue weighted by atomic mass is 16.3. The maximum Gasteiger partial charge on any atom is 0.154 e. The summed E-state index contributed by atoms with van der Waals surface area (Å²) in [4.78, 5) is 9.03. The van der Waals surface area contributed by atoms with E-state index in [0.29, 0.717) is 28.0 Å². The van der Waals surface area contributed by atoms with Gasteiger partial charge >= 0.3 is 0 Å². The van der Waals surface area contributed by atoms with Crippen molar-refractivity contribution < 1.29 is 8.53 Å². The average Bonchev–Trinajstić information content (AvgIpc) is 3.27. The monoisotopic (exact) mass is 331 g/mol. The third kappa shape index (κ3) is 2.42. The van der Waals surface area contributed by atoms with Crippen molar-refractivity contribution in [2.45, 2.75) is 38.5 Å². The Balaban J connectivity index is 1.72. The second-order valence-electron chi connectivity index (χ2n) is 6.72. The van der Waals surface area contributed by atoms with Crippen molar-refractivity contribution in [3.8, 4) is 11.3 Å². The van der Waals surface area contributed by atoms with Gasteiger partial charge in [-0.2, -0.15) is 0 Å². The summed E-state index contributed by atoms with van der Waals surface area (Å²) in [5.41, 5.74) is 4.79. The van der Waals surface area contributed by atoms with E-state index >= 15 is 0 Å². The maximum absolute atomic E-state index is 8.69. The zero-order valence-electron chi connectivity index (χ0n) is 17.1. The minimum atomic E-state index is -0.786. The fourth-order valence-electron chi connectivity index (χ4n) is 3.66. The van der Waals surface area contributed by atoms with Crippen LogP contribution in [0.4, 0.5) is 0 Å². The molecule has 3 heterocycles. The summed E-state index contributed by atoms with van der Waals surface area (Å²) in [5, 5.41) is 0.872. The Hall–Kier alpha value is -2.68. The number of rotatable bonds is 2. The molecule has 1 saturated carbocycles. The highest BCUT2D eigenvalue weighted by molar-refractivity contribution is 6.07. The molecule has 0 spiro atoms. The molecule has 1 aliphatic rings. The van der Waals surface area contributed by atoms with Crippen molar-refractivity contribution in [1.29, 1.82) is 0 Å². The number of fused-ring (bicyclic) bond motifs is 3. The van der Waals surface area contributed by atoms with Gasteiger partial charge in [0.1, 0.15) is 11.1 Å². The zero-order valence-corrected chi connectivity index (χ0v) is 14.1. The molecule has 0 unspecified atom stereocenters. The van der Waals surface area contributed by atoms with Crippen LogP contribution in [0.1, 0.15) is 46.8 Å². The van der Waals surface area contributed by atoms with Gasteiger partial charge in [0.05, 0.1) is 8.44 Å². The van der Waals surface area contributed by atoms with Crippen LogP contribution in [-0.2, 0) is 0 Å². The molecule has 3 heteroatoms. The maximum atomic E-state index is 8.69. The number of pyridine rings is 2. The molecule has 0 bridgehead atoms. The van der Waals surface area contributed by atoms with Crippen LogP contribution in [0, 0.1) is 6.92 Å². The molecule has 0 saturated heterocycles. The molecule has 25 heavy (non-hydrogen) atoms. The Labute approximate surface area is 150 Å². The number of aromatic nitrogens is 2. The minimum absolute atomic E-state index is 0.0492. The summed E-state index contributed by atoms with van der Waals surface area (Å²) in [6.07, 6.45) is 6.86. The summed E-state index contributed by atoms with van der Waals surface area (Å²) in [7, 11) is 0. The molecular weight excluding hydrogens is 308 g/mol.